The number of hydrogen-bond acceptors (Lipinski definition) is 3. The maximum Gasteiger partial charge on any atom is 0.416 e. The zero-order chi connectivity index (χ0) is 14.5. The van der Waals surface area contributed by atoms with Crippen LogP contribution in [0.2, 0.25) is 0 Å². The van der Waals surface area contributed by atoms with Crippen LogP contribution in [-0.2, 0) is 6.18 Å². The summed E-state index contributed by atoms with van der Waals surface area (Å²) in [5.41, 5.74) is 5.92. The number of likely N-dealkylation sites (N-methyl/N-ethyl adjacent to an activating group) is 1. The summed E-state index contributed by atoms with van der Waals surface area (Å²) in [4.78, 5) is 2.07. The Bertz CT molecular complexity index is 378. The SMILES string of the molecule is CSCCN(C)C(CN)c1ccc(C(F)(F)F)cc1. The Morgan fingerprint density at radius 3 is 2.26 bits per heavy atom. The molecule has 2 nitrogen and oxygen atoms in total. The molecule has 0 bridgehead atoms. The number of thioether (sulfide) groups is 1. The molecule has 0 aliphatic heterocycles. The molecule has 6 heteroatoms. The van der Waals surface area contributed by atoms with Gasteiger partial charge in [-0.2, -0.15) is 24.9 Å². The molecule has 0 aliphatic rings. The fraction of sp³-hybridized carbons (Fsp3) is 0.538. The van der Waals surface area contributed by atoms with Crippen molar-refractivity contribution < 1.29 is 13.2 Å². The topological polar surface area (TPSA) is 29.3 Å². The van der Waals surface area contributed by atoms with Crippen molar-refractivity contribution in [1.82, 2.24) is 4.90 Å². The van der Waals surface area contributed by atoms with Crippen LogP contribution in [0.3, 0.4) is 0 Å². The molecule has 0 aliphatic carbocycles. The largest absolute Gasteiger partial charge is 0.416 e. The Balaban J connectivity index is 2.82. The van der Waals surface area contributed by atoms with Gasteiger partial charge in [-0.25, -0.2) is 0 Å². The van der Waals surface area contributed by atoms with Crippen molar-refractivity contribution in [2.24, 2.45) is 5.73 Å². The monoisotopic (exact) mass is 292 g/mol. The third kappa shape index (κ3) is 4.71. The fourth-order valence-electron chi connectivity index (χ4n) is 1.86. The van der Waals surface area contributed by atoms with E-state index in [4.69, 9.17) is 5.73 Å². The summed E-state index contributed by atoms with van der Waals surface area (Å²) in [6, 6.07) is 5.20. The van der Waals surface area contributed by atoms with Gasteiger partial charge in [0.15, 0.2) is 0 Å². The van der Waals surface area contributed by atoms with Crippen LogP contribution in [0.1, 0.15) is 17.2 Å². The van der Waals surface area contributed by atoms with Crippen LogP contribution < -0.4 is 5.73 Å². The number of halogens is 3. The molecule has 0 saturated heterocycles. The van der Waals surface area contributed by atoms with Crippen molar-refractivity contribution in [2.45, 2.75) is 12.2 Å². The zero-order valence-electron chi connectivity index (χ0n) is 11.1. The van der Waals surface area contributed by atoms with Crippen molar-refractivity contribution >= 4 is 11.8 Å². The fourth-order valence-corrected chi connectivity index (χ4v) is 2.33. The smallest absolute Gasteiger partial charge is 0.329 e. The first kappa shape index (κ1) is 16.3. The second-order valence-corrected chi connectivity index (χ2v) is 5.33. The molecule has 0 heterocycles. The first-order valence-electron chi connectivity index (χ1n) is 5.96. The maximum absolute atomic E-state index is 12.5. The predicted octanol–water partition coefficient (Wildman–Crippen LogP) is 3.00. The Labute approximate surface area is 116 Å². The van der Waals surface area contributed by atoms with Gasteiger partial charge in [0.2, 0.25) is 0 Å². The van der Waals surface area contributed by atoms with Gasteiger partial charge in [-0.05, 0) is 31.0 Å². The third-order valence-electron chi connectivity index (χ3n) is 3.03. The summed E-state index contributed by atoms with van der Waals surface area (Å²) in [5, 5.41) is 0. The van der Waals surface area contributed by atoms with Gasteiger partial charge in [0.1, 0.15) is 0 Å². The first-order chi connectivity index (χ1) is 8.90. The Morgan fingerprint density at radius 1 is 1.26 bits per heavy atom. The molecule has 108 valence electrons. The van der Waals surface area contributed by atoms with E-state index in [0.29, 0.717) is 6.54 Å². The lowest BCUT2D eigenvalue weighted by atomic mass is 10.0. The van der Waals surface area contributed by atoms with E-state index >= 15 is 0 Å². The average Bonchev–Trinajstić information content (AvgIpc) is 2.37. The van der Waals surface area contributed by atoms with Crippen molar-refractivity contribution in [3.63, 3.8) is 0 Å². The van der Waals surface area contributed by atoms with Crippen molar-refractivity contribution in [1.29, 1.82) is 0 Å². The predicted molar refractivity (Wildman–Crippen MR) is 74.3 cm³/mol. The van der Waals surface area contributed by atoms with E-state index in [-0.39, 0.29) is 6.04 Å². The summed E-state index contributed by atoms with van der Waals surface area (Å²) in [7, 11) is 1.94. The summed E-state index contributed by atoms with van der Waals surface area (Å²) in [6.45, 7) is 1.24. The molecule has 1 unspecified atom stereocenters. The van der Waals surface area contributed by atoms with E-state index in [1.54, 1.807) is 11.8 Å². The highest BCUT2D eigenvalue weighted by Crippen LogP contribution is 2.30. The minimum atomic E-state index is -4.29. The van der Waals surface area contributed by atoms with Gasteiger partial charge >= 0.3 is 6.18 Å². The highest BCUT2D eigenvalue weighted by Gasteiger charge is 2.30. The molecule has 0 radical (unpaired) electrons. The summed E-state index contributed by atoms with van der Waals surface area (Å²) in [5.74, 6) is 0.966. The van der Waals surface area contributed by atoms with Gasteiger partial charge < -0.3 is 5.73 Å². The number of rotatable bonds is 6. The Morgan fingerprint density at radius 2 is 1.84 bits per heavy atom. The van der Waals surface area contributed by atoms with Gasteiger partial charge in [0.25, 0.3) is 0 Å². The Kier molecular flexibility index (Phi) is 6.16. The van der Waals surface area contributed by atoms with E-state index in [1.165, 1.54) is 12.1 Å². The van der Waals surface area contributed by atoms with Crippen LogP contribution in [0.15, 0.2) is 24.3 Å². The number of hydrogen-bond donors (Lipinski definition) is 1. The van der Waals surface area contributed by atoms with Crippen LogP contribution in [-0.4, -0.2) is 37.0 Å². The van der Waals surface area contributed by atoms with E-state index in [2.05, 4.69) is 4.90 Å². The molecule has 2 N–H and O–H groups in total. The van der Waals surface area contributed by atoms with E-state index in [1.807, 2.05) is 13.3 Å². The van der Waals surface area contributed by atoms with E-state index in [9.17, 15) is 13.2 Å². The normalized spacial score (nSPS) is 13.8. The third-order valence-corrected chi connectivity index (χ3v) is 3.62. The van der Waals surface area contributed by atoms with Crippen molar-refractivity contribution in [3.05, 3.63) is 35.4 Å². The van der Waals surface area contributed by atoms with Crippen LogP contribution in [0.5, 0.6) is 0 Å². The van der Waals surface area contributed by atoms with Crippen LogP contribution in [0, 0.1) is 0 Å². The molecule has 1 aromatic carbocycles. The van der Waals surface area contributed by atoms with Crippen LogP contribution >= 0.6 is 11.8 Å². The van der Waals surface area contributed by atoms with Gasteiger partial charge in [-0.3, -0.25) is 4.90 Å². The molecule has 0 fully saturated rings. The number of nitrogens with zero attached hydrogens (tertiary/aromatic N) is 1. The number of nitrogens with two attached hydrogens (primary N) is 1. The number of alkyl halides is 3. The molecule has 1 rings (SSSR count). The molecule has 0 amide bonds. The molecule has 0 saturated carbocycles. The molecule has 0 spiro atoms. The van der Waals surface area contributed by atoms with Crippen LogP contribution in [0.4, 0.5) is 13.2 Å². The van der Waals surface area contributed by atoms with Gasteiger partial charge in [-0.15, -0.1) is 0 Å². The average molecular weight is 292 g/mol. The first-order valence-corrected chi connectivity index (χ1v) is 7.36. The zero-order valence-corrected chi connectivity index (χ0v) is 11.9. The highest BCUT2D eigenvalue weighted by molar-refractivity contribution is 7.98. The second-order valence-electron chi connectivity index (χ2n) is 4.34. The molecule has 1 atom stereocenters. The lowest BCUT2D eigenvalue weighted by Gasteiger charge is -2.27. The van der Waals surface area contributed by atoms with Gasteiger partial charge in [-0.1, -0.05) is 12.1 Å². The second kappa shape index (κ2) is 7.17. The van der Waals surface area contributed by atoms with E-state index < -0.39 is 11.7 Å². The summed E-state index contributed by atoms with van der Waals surface area (Å²) >= 11 is 1.73. The standard InChI is InChI=1S/C13H19F3N2S/c1-18(7-8-19-2)12(9-17)10-3-5-11(6-4-10)13(14,15)16/h3-6,12H,7-9,17H2,1-2H3. The van der Waals surface area contributed by atoms with Crippen molar-refractivity contribution in [2.75, 3.05) is 32.1 Å². The maximum atomic E-state index is 12.5. The summed E-state index contributed by atoms with van der Waals surface area (Å²) in [6.07, 6.45) is -2.27. The van der Waals surface area contributed by atoms with Gasteiger partial charge in [0, 0.05) is 24.9 Å². The summed E-state index contributed by atoms with van der Waals surface area (Å²) < 4.78 is 37.5. The van der Waals surface area contributed by atoms with Crippen LogP contribution in [0.25, 0.3) is 0 Å². The van der Waals surface area contributed by atoms with Crippen molar-refractivity contribution in [3.8, 4) is 0 Å². The Hall–Kier alpha value is -0.720. The molecule has 19 heavy (non-hydrogen) atoms. The lowest BCUT2D eigenvalue weighted by Crippen LogP contribution is -2.32. The quantitative estimate of drug-likeness (QED) is 0.874. The lowest BCUT2D eigenvalue weighted by molar-refractivity contribution is -0.137. The highest BCUT2D eigenvalue weighted by atomic mass is 32.2. The molecular formula is C13H19F3N2S. The molecule has 1 aromatic rings. The molecular weight excluding hydrogens is 273 g/mol. The van der Waals surface area contributed by atoms with Gasteiger partial charge in [0.05, 0.1) is 5.56 Å². The minimum absolute atomic E-state index is 0.0468. The van der Waals surface area contributed by atoms with E-state index in [0.717, 1.165) is 30.0 Å². The molecule has 0 aromatic heterocycles. The number of benzene rings is 1. The minimum Gasteiger partial charge on any atom is -0.329 e.